The van der Waals surface area contributed by atoms with Gasteiger partial charge in [-0.2, -0.15) is 0 Å². The largest absolute Gasteiger partial charge is 0.487 e. The number of hydrogen-bond acceptors (Lipinski definition) is 3. The quantitative estimate of drug-likeness (QED) is 0.572. The van der Waals surface area contributed by atoms with E-state index in [0.717, 1.165) is 12.8 Å². The topological polar surface area (TPSA) is 38.7 Å². The summed E-state index contributed by atoms with van der Waals surface area (Å²) in [4.78, 5) is 0. The number of hydrogen-bond donors (Lipinski definition) is 1. The molecule has 21 heavy (non-hydrogen) atoms. The van der Waals surface area contributed by atoms with Crippen LogP contribution >= 0.6 is 0 Å². The van der Waals surface area contributed by atoms with E-state index in [2.05, 4.69) is 6.92 Å². The summed E-state index contributed by atoms with van der Waals surface area (Å²) in [6, 6.07) is 0. The molecule has 1 rings (SSSR count). The summed E-state index contributed by atoms with van der Waals surface area (Å²) in [7, 11) is -0.296. The molecule has 0 spiro atoms. The molecule has 118 valence electrons. The van der Waals surface area contributed by atoms with E-state index in [1.807, 2.05) is 64.1 Å². The standard InChI is InChI=1S/C17H29BO3/c1-6-12-15(19)13-10-8-7-9-11-14-18-20-16(2,3)17(4,5)21-18/h7-11,14-15,19H,6,12-13H2,1-5H3/b9-7+,10-8+,14-11+/t15-/m1/s1. The Kier molecular flexibility index (Phi) is 6.91. The SMILES string of the molecule is CCC[C@@H](O)C/C=C/C=C/C=C/B1OC(C)(C)C(C)(C)O1. The van der Waals surface area contributed by atoms with Gasteiger partial charge in [-0.25, -0.2) is 0 Å². The van der Waals surface area contributed by atoms with Crippen molar-refractivity contribution in [1.82, 2.24) is 0 Å². The zero-order valence-electron chi connectivity index (χ0n) is 14.0. The predicted octanol–water partition coefficient (Wildman–Crippen LogP) is 3.84. The Morgan fingerprint density at radius 1 is 1.00 bits per heavy atom. The molecule has 4 heteroatoms. The minimum Gasteiger partial charge on any atom is -0.400 e. The summed E-state index contributed by atoms with van der Waals surface area (Å²) in [6.07, 6.45) is 12.1. The van der Waals surface area contributed by atoms with Crippen LogP contribution in [0.1, 0.15) is 53.9 Å². The third-order valence-electron chi connectivity index (χ3n) is 4.04. The third-order valence-corrected chi connectivity index (χ3v) is 4.04. The van der Waals surface area contributed by atoms with Gasteiger partial charge in [-0.3, -0.25) is 0 Å². The molecule has 1 fully saturated rings. The van der Waals surface area contributed by atoms with Crippen molar-refractivity contribution in [2.75, 3.05) is 0 Å². The molecule has 1 saturated heterocycles. The summed E-state index contributed by atoms with van der Waals surface area (Å²) >= 11 is 0. The van der Waals surface area contributed by atoms with Crippen molar-refractivity contribution in [3.8, 4) is 0 Å². The molecular formula is C17H29BO3. The molecule has 0 amide bonds. The highest BCUT2D eigenvalue weighted by Crippen LogP contribution is 2.36. The Morgan fingerprint density at radius 2 is 1.57 bits per heavy atom. The van der Waals surface area contributed by atoms with E-state index in [0.29, 0.717) is 6.42 Å². The Bertz CT molecular complexity index is 381. The number of allylic oxidation sites excluding steroid dienone is 4. The Hall–Kier alpha value is -0.835. The van der Waals surface area contributed by atoms with E-state index < -0.39 is 0 Å². The van der Waals surface area contributed by atoms with Crippen molar-refractivity contribution < 1.29 is 14.4 Å². The van der Waals surface area contributed by atoms with Gasteiger partial charge in [0.25, 0.3) is 0 Å². The van der Waals surface area contributed by atoms with Crippen LogP contribution in [0.25, 0.3) is 0 Å². The molecule has 0 radical (unpaired) electrons. The molecule has 0 aliphatic carbocycles. The first-order valence-corrected chi connectivity index (χ1v) is 7.82. The second-order valence-electron chi connectivity index (χ2n) is 6.50. The average Bonchev–Trinajstić information content (AvgIpc) is 2.57. The summed E-state index contributed by atoms with van der Waals surface area (Å²) < 4.78 is 11.7. The first-order chi connectivity index (χ1) is 9.78. The van der Waals surface area contributed by atoms with Gasteiger partial charge in [-0.1, -0.05) is 49.7 Å². The number of aliphatic hydroxyl groups excluding tert-OH is 1. The zero-order chi connectivity index (χ0) is 15.9. The van der Waals surface area contributed by atoms with Gasteiger partial charge in [0.2, 0.25) is 0 Å². The van der Waals surface area contributed by atoms with Gasteiger partial charge in [-0.15, -0.1) is 0 Å². The summed E-state index contributed by atoms with van der Waals surface area (Å²) in [6.45, 7) is 10.2. The number of rotatable bonds is 7. The molecule has 0 unspecified atom stereocenters. The van der Waals surface area contributed by atoms with Crippen LogP contribution in [-0.4, -0.2) is 29.5 Å². The van der Waals surface area contributed by atoms with E-state index in [-0.39, 0.29) is 24.4 Å². The number of aliphatic hydroxyl groups is 1. The van der Waals surface area contributed by atoms with E-state index in [4.69, 9.17) is 9.31 Å². The highest BCUT2D eigenvalue weighted by atomic mass is 16.7. The molecule has 1 atom stereocenters. The van der Waals surface area contributed by atoms with Crippen molar-refractivity contribution in [3.63, 3.8) is 0 Å². The minimum absolute atomic E-state index is 0.222. The second-order valence-corrected chi connectivity index (χ2v) is 6.50. The average molecular weight is 292 g/mol. The molecule has 0 aromatic rings. The third kappa shape index (κ3) is 5.81. The van der Waals surface area contributed by atoms with Crippen molar-refractivity contribution in [2.45, 2.75) is 71.2 Å². The molecule has 1 aliphatic rings. The highest BCUT2D eigenvalue weighted by molar-refractivity contribution is 6.51. The first-order valence-electron chi connectivity index (χ1n) is 7.82. The Labute approximate surface area is 129 Å². The van der Waals surface area contributed by atoms with Crippen LogP contribution in [0.3, 0.4) is 0 Å². The molecule has 0 bridgehead atoms. The van der Waals surface area contributed by atoms with Crippen LogP contribution in [0.5, 0.6) is 0 Å². The monoisotopic (exact) mass is 292 g/mol. The Balaban J connectivity index is 2.33. The maximum absolute atomic E-state index is 9.57. The van der Waals surface area contributed by atoms with E-state index in [1.54, 1.807) is 0 Å². The summed E-state index contributed by atoms with van der Waals surface area (Å²) in [5.74, 6) is 1.91. The normalized spacial score (nSPS) is 22.9. The van der Waals surface area contributed by atoms with Crippen LogP contribution in [0.15, 0.2) is 36.4 Å². The minimum atomic E-state index is -0.296. The lowest BCUT2D eigenvalue weighted by atomic mass is 9.90. The molecule has 0 saturated carbocycles. The summed E-state index contributed by atoms with van der Waals surface area (Å²) in [5, 5.41) is 9.57. The fourth-order valence-corrected chi connectivity index (χ4v) is 2.02. The van der Waals surface area contributed by atoms with Gasteiger partial charge >= 0.3 is 7.12 Å². The smallest absolute Gasteiger partial charge is 0.400 e. The van der Waals surface area contributed by atoms with Gasteiger partial charge < -0.3 is 14.4 Å². The van der Waals surface area contributed by atoms with Crippen LogP contribution in [0.4, 0.5) is 0 Å². The maximum atomic E-state index is 9.57. The lowest BCUT2D eigenvalue weighted by Gasteiger charge is -2.32. The highest BCUT2D eigenvalue weighted by Gasteiger charge is 2.49. The summed E-state index contributed by atoms with van der Waals surface area (Å²) in [5.41, 5.74) is -0.581. The molecule has 3 nitrogen and oxygen atoms in total. The molecule has 1 N–H and O–H groups in total. The van der Waals surface area contributed by atoms with Crippen LogP contribution in [0, 0.1) is 0 Å². The molecule has 1 aliphatic heterocycles. The van der Waals surface area contributed by atoms with Gasteiger partial charge in [0, 0.05) is 0 Å². The van der Waals surface area contributed by atoms with Crippen molar-refractivity contribution >= 4 is 7.12 Å². The lowest BCUT2D eigenvalue weighted by molar-refractivity contribution is 0.00578. The van der Waals surface area contributed by atoms with E-state index in [9.17, 15) is 5.11 Å². The van der Waals surface area contributed by atoms with Gasteiger partial charge in [0.15, 0.2) is 0 Å². The lowest BCUT2D eigenvalue weighted by Crippen LogP contribution is -2.41. The van der Waals surface area contributed by atoms with Crippen LogP contribution in [-0.2, 0) is 9.31 Å². The fraction of sp³-hybridized carbons (Fsp3) is 0.647. The van der Waals surface area contributed by atoms with Crippen molar-refractivity contribution in [2.24, 2.45) is 0 Å². The van der Waals surface area contributed by atoms with E-state index in [1.165, 1.54) is 0 Å². The predicted molar refractivity (Wildman–Crippen MR) is 89.0 cm³/mol. The molecule has 0 aromatic heterocycles. The van der Waals surface area contributed by atoms with Crippen LogP contribution in [0.2, 0.25) is 0 Å². The van der Waals surface area contributed by atoms with Gasteiger partial charge in [-0.05, 0) is 40.5 Å². The van der Waals surface area contributed by atoms with Crippen molar-refractivity contribution in [1.29, 1.82) is 0 Å². The molecule has 0 aromatic carbocycles. The maximum Gasteiger partial charge on any atom is 0.487 e. The fourth-order valence-electron chi connectivity index (χ4n) is 2.02. The Morgan fingerprint density at radius 3 is 2.14 bits per heavy atom. The second kappa shape index (κ2) is 7.97. The molecule has 1 heterocycles. The van der Waals surface area contributed by atoms with Gasteiger partial charge in [0.1, 0.15) is 0 Å². The van der Waals surface area contributed by atoms with E-state index >= 15 is 0 Å². The first kappa shape index (κ1) is 18.2. The van der Waals surface area contributed by atoms with Crippen LogP contribution < -0.4 is 0 Å². The van der Waals surface area contributed by atoms with Gasteiger partial charge in [0.05, 0.1) is 17.3 Å². The van der Waals surface area contributed by atoms with Crippen molar-refractivity contribution in [3.05, 3.63) is 36.4 Å². The zero-order valence-corrected chi connectivity index (χ0v) is 14.0. The molecular weight excluding hydrogens is 263 g/mol.